The summed E-state index contributed by atoms with van der Waals surface area (Å²) in [4.78, 5) is 10.9. The van der Waals surface area contributed by atoms with Crippen molar-refractivity contribution in [2.45, 2.75) is 91.1 Å². The maximum Gasteiger partial charge on any atom is 0.0577 e. The third-order valence-corrected chi connectivity index (χ3v) is 9.64. The van der Waals surface area contributed by atoms with Gasteiger partial charge in [-0.2, -0.15) is 0 Å². The second kappa shape index (κ2) is 6.90. The number of hydrogen-bond acceptors (Lipinski definition) is 3. The minimum absolute atomic E-state index is 0.129. The van der Waals surface area contributed by atoms with Crippen LogP contribution < -0.4 is 5.11 Å². The molecule has 0 unspecified atom stereocenters. The zero-order valence-electron chi connectivity index (χ0n) is 17.4. The Hall–Kier alpha value is -0.830. The highest BCUT2D eigenvalue weighted by Crippen LogP contribution is 2.67. The number of aliphatic hydroxyl groups excluding tert-OH is 1. The molecule has 0 heterocycles. The van der Waals surface area contributed by atoms with Crippen molar-refractivity contribution < 1.29 is 15.0 Å². The highest BCUT2D eigenvalue weighted by Gasteiger charge is 2.59. The molecule has 3 nitrogen and oxygen atoms in total. The van der Waals surface area contributed by atoms with Gasteiger partial charge in [-0.3, -0.25) is 0 Å². The molecule has 27 heavy (non-hydrogen) atoms. The minimum atomic E-state index is -0.900. The van der Waals surface area contributed by atoms with Crippen molar-refractivity contribution in [1.82, 2.24) is 0 Å². The van der Waals surface area contributed by atoms with Crippen LogP contribution in [-0.2, 0) is 4.79 Å². The molecular formula is C24H37O3-. The van der Waals surface area contributed by atoms with E-state index in [0.29, 0.717) is 22.7 Å². The molecule has 3 saturated carbocycles. The molecule has 152 valence electrons. The lowest BCUT2D eigenvalue weighted by Gasteiger charge is -2.58. The molecule has 0 aromatic rings. The van der Waals surface area contributed by atoms with E-state index < -0.39 is 5.97 Å². The Balaban J connectivity index is 1.54. The molecule has 0 radical (unpaired) electrons. The van der Waals surface area contributed by atoms with Gasteiger partial charge in [0.1, 0.15) is 0 Å². The molecule has 0 amide bonds. The number of hydrogen-bond donors (Lipinski definition) is 1. The zero-order chi connectivity index (χ0) is 19.4. The van der Waals surface area contributed by atoms with Crippen LogP contribution in [0, 0.1) is 40.4 Å². The van der Waals surface area contributed by atoms with Gasteiger partial charge in [-0.1, -0.05) is 32.4 Å². The predicted octanol–water partition coefficient (Wildman–Crippen LogP) is 4.09. The van der Waals surface area contributed by atoms with E-state index in [1.165, 1.54) is 32.1 Å². The average molecular weight is 374 g/mol. The smallest absolute Gasteiger partial charge is 0.0577 e. The fourth-order valence-electron chi connectivity index (χ4n) is 8.16. The number of rotatable bonds is 4. The monoisotopic (exact) mass is 373 g/mol. The molecule has 3 heteroatoms. The summed E-state index contributed by atoms with van der Waals surface area (Å²) in [5.41, 5.74) is 2.23. The molecule has 0 spiro atoms. The summed E-state index contributed by atoms with van der Waals surface area (Å²) in [5, 5.41) is 21.1. The van der Waals surface area contributed by atoms with Gasteiger partial charge < -0.3 is 15.0 Å². The van der Waals surface area contributed by atoms with Crippen molar-refractivity contribution in [3.63, 3.8) is 0 Å². The Bertz CT molecular complexity index is 625. The molecule has 4 rings (SSSR count). The number of carboxylic acids is 1. The summed E-state index contributed by atoms with van der Waals surface area (Å²) in [6.07, 6.45) is 12.7. The summed E-state index contributed by atoms with van der Waals surface area (Å²) in [6, 6.07) is 0. The molecule has 3 fully saturated rings. The normalized spacial score (nSPS) is 47.4. The van der Waals surface area contributed by atoms with E-state index in [-0.39, 0.29) is 12.5 Å². The van der Waals surface area contributed by atoms with E-state index in [1.54, 1.807) is 5.57 Å². The molecule has 8 atom stereocenters. The number of carboxylic acid groups (broad SMARTS) is 1. The van der Waals surface area contributed by atoms with Gasteiger partial charge in [0.25, 0.3) is 0 Å². The zero-order valence-corrected chi connectivity index (χ0v) is 17.4. The van der Waals surface area contributed by atoms with E-state index in [2.05, 4.69) is 26.8 Å². The lowest BCUT2D eigenvalue weighted by Crippen LogP contribution is -2.50. The first kappa shape index (κ1) is 19.5. The van der Waals surface area contributed by atoms with Crippen LogP contribution in [0.4, 0.5) is 0 Å². The fourth-order valence-corrected chi connectivity index (χ4v) is 8.16. The molecule has 0 saturated heterocycles. The Morgan fingerprint density at radius 3 is 2.74 bits per heavy atom. The van der Waals surface area contributed by atoms with Crippen LogP contribution in [0.2, 0.25) is 0 Å². The van der Waals surface area contributed by atoms with Gasteiger partial charge in [0.05, 0.1) is 6.10 Å². The highest BCUT2D eigenvalue weighted by molar-refractivity contribution is 5.64. The molecule has 0 aromatic carbocycles. The van der Waals surface area contributed by atoms with Crippen LogP contribution >= 0.6 is 0 Å². The van der Waals surface area contributed by atoms with E-state index in [9.17, 15) is 15.0 Å². The second-order valence-corrected chi connectivity index (χ2v) is 10.8. The van der Waals surface area contributed by atoms with E-state index in [1.807, 2.05) is 0 Å². The largest absolute Gasteiger partial charge is 0.550 e. The fraction of sp³-hybridized carbons (Fsp3) is 0.875. The summed E-state index contributed by atoms with van der Waals surface area (Å²) in [7, 11) is 0. The van der Waals surface area contributed by atoms with E-state index in [0.717, 1.165) is 43.4 Å². The predicted molar refractivity (Wildman–Crippen MR) is 105 cm³/mol. The second-order valence-electron chi connectivity index (χ2n) is 10.8. The number of carbonyl (C=O) groups is 1. The number of aliphatic hydroxyl groups is 1. The molecule has 1 N–H and O–H groups in total. The van der Waals surface area contributed by atoms with Crippen LogP contribution in [0.1, 0.15) is 85.0 Å². The number of allylic oxidation sites excluding steroid dienone is 1. The summed E-state index contributed by atoms with van der Waals surface area (Å²) in [6.45, 7) is 7.28. The van der Waals surface area contributed by atoms with E-state index in [4.69, 9.17) is 0 Å². The quantitative estimate of drug-likeness (QED) is 0.755. The maximum atomic E-state index is 10.9. The SMILES string of the molecule is C[C@H](CCC(=O)[O-])[C@@H]1CC[C@H]2[C@@H]3CC=C4C[C@@H](O)CC[C@]4(C)[C@H]3CC[C@@]21C. The Kier molecular flexibility index (Phi) is 4.98. The van der Waals surface area contributed by atoms with Crippen LogP contribution in [0.15, 0.2) is 11.6 Å². The van der Waals surface area contributed by atoms with Crippen molar-refractivity contribution in [2.75, 3.05) is 0 Å². The standard InChI is InChI=1S/C24H38O3/c1-15(4-9-22(26)27)19-7-8-20-18-6-5-16-14-17(25)10-12-23(16,2)21(18)11-13-24(19,20)3/h5,15,17-21,25H,4,6-14H2,1-3H3,(H,26,27)/p-1/t15-,17+,18+,19+,20+,21+,23+,24-/m1/s1. The van der Waals surface area contributed by atoms with Gasteiger partial charge in [0.2, 0.25) is 0 Å². The molecule has 0 aliphatic heterocycles. The summed E-state index contributed by atoms with van der Waals surface area (Å²) < 4.78 is 0. The van der Waals surface area contributed by atoms with Crippen molar-refractivity contribution in [2.24, 2.45) is 40.4 Å². The number of carbonyl (C=O) groups excluding carboxylic acids is 1. The highest BCUT2D eigenvalue weighted by atomic mass is 16.4. The maximum absolute atomic E-state index is 10.9. The van der Waals surface area contributed by atoms with Crippen LogP contribution in [0.5, 0.6) is 0 Å². The molecular weight excluding hydrogens is 336 g/mol. The van der Waals surface area contributed by atoms with Crippen molar-refractivity contribution in [3.05, 3.63) is 11.6 Å². The Morgan fingerprint density at radius 1 is 1.22 bits per heavy atom. The van der Waals surface area contributed by atoms with Crippen molar-refractivity contribution in [1.29, 1.82) is 0 Å². The number of fused-ring (bicyclic) bond motifs is 5. The molecule has 4 aliphatic carbocycles. The average Bonchev–Trinajstić information content (AvgIpc) is 2.97. The number of aliphatic carboxylic acids is 1. The first-order valence-corrected chi connectivity index (χ1v) is 11.3. The lowest BCUT2D eigenvalue weighted by atomic mass is 9.47. The van der Waals surface area contributed by atoms with E-state index >= 15 is 0 Å². The van der Waals surface area contributed by atoms with Crippen LogP contribution in [0.3, 0.4) is 0 Å². The molecule has 4 aliphatic rings. The van der Waals surface area contributed by atoms with Gasteiger partial charge in [0, 0.05) is 5.97 Å². The third kappa shape index (κ3) is 3.09. The lowest BCUT2D eigenvalue weighted by molar-refractivity contribution is -0.306. The van der Waals surface area contributed by atoms with Gasteiger partial charge in [-0.25, -0.2) is 0 Å². The first-order valence-electron chi connectivity index (χ1n) is 11.3. The Labute approximate surface area is 164 Å². The van der Waals surface area contributed by atoms with Gasteiger partial charge in [-0.15, -0.1) is 0 Å². The Morgan fingerprint density at radius 2 is 2.00 bits per heavy atom. The van der Waals surface area contributed by atoms with Crippen molar-refractivity contribution >= 4 is 5.97 Å². The first-order chi connectivity index (χ1) is 12.8. The topological polar surface area (TPSA) is 60.4 Å². The van der Waals surface area contributed by atoms with Gasteiger partial charge >= 0.3 is 0 Å². The van der Waals surface area contributed by atoms with Gasteiger partial charge in [-0.05, 0) is 105 Å². The van der Waals surface area contributed by atoms with Crippen LogP contribution in [0.25, 0.3) is 0 Å². The summed E-state index contributed by atoms with van der Waals surface area (Å²) in [5.74, 6) is 2.58. The van der Waals surface area contributed by atoms with Crippen molar-refractivity contribution in [3.8, 4) is 0 Å². The summed E-state index contributed by atoms with van der Waals surface area (Å²) >= 11 is 0. The van der Waals surface area contributed by atoms with Gasteiger partial charge in [0.15, 0.2) is 0 Å². The third-order valence-electron chi connectivity index (χ3n) is 9.64. The molecule has 0 bridgehead atoms. The molecule has 0 aromatic heterocycles. The minimum Gasteiger partial charge on any atom is -0.550 e. The van der Waals surface area contributed by atoms with Crippen LogP contribution in [-0.4, -0.2) is 17.2 Å².